The van der Waals surface area contributed by atoms with Crippen LogP contribution in [-0.2, 0) is 9.84 Å². The average Bonchev–Trinajstić information content (AvgIpc) is 3.14. The van der Waals surface area contributed by atoms with E-state index in [-0.39, 0.29) is 10.8 Å². The molecular weight excluding hydrogens is 396 g/mol. The molecule has 0 aliphatic rings. The van der Waals surface area contributed by atoms with Gasteiger partial charge in [-0.25, -0.2) is 13.4 Å². The summed E-state index contributed by atoms with van der Waals surface area (Å²) >= 11 is 1.32. The summed E-state index contributed by atoms with van der Waals surface area (Å²) in [6.07, 6.45) is 2.08. The topological polar surface area (TPSA) is 85.4 Å². The summed E-state index contributed by atoms with van der Waals surface area (Å²) in [6, 6.07) is 13.4. The van der Waals surface area contributed by atoms with Crippen LogP contribution in [0.2, 0.25) is 0 Å². The molecule has 1 N–H and O–H groups in total. The van der Waals surface area contributed by atoms with Gasteiger partial charge in [0.2, 0.25) is 0 Å². The van der Waals surface area contributed by atoms with Crippen molar-refractivity contribution in [1.29, 1.82) is 0 Å². The SMILES string of the molecule is CCCOc1ccc(-c2csc(NC(=O)c3ccc(S(C)(=O)=O)cc3)n2)cc1. The molecule has 0 aliphatic carbocycles. The van der Waals surface area contributed by atoms with Crippen LogP contribution in [0.5, 0.6) is 5.75 Å². The maximum absolute atomic E-state index is 12.4. The van der Waals surface area contributed by atoms with E-state index in [1.165, 1.54) is 35.6 Å². The highest BCUT2D eigenvalue weighted by Crippen LogP contribution is 2.27. The summed E-state index contributed by atoms with van der Waals surface area (Å²) < 4.78 is 28.6. The van der Waals surface area contributed by atoms with Crippen molar-refractivity contribution in [2.75, 3.05) is 18.2 Å². The van der Waals surface area contributed by atoms with Crippen LogP contribution < -0.4 is 10.1 Å². The fourth-order valence-electron chi connectivity index (χ4n) is 2.43. The number of thiazole rings is 1. The van der Waals surface area contributed by atoms with Crippen molar-refractivity contribution in [3.05, 3.63) is 59.5 Å². The molecule has 0 aliphatic heterocycles. The quantitative estimate of drug-likeness (QED) is 0.622. The molecule has 1 amide bonds. The Bertz CT molecular complexity index is 1060. The Hall–Kier alpha value is -2.71. The molecule has 8 heteroatoms. The Morgan fingerprint density at radius 2 is 1.79 bits per heavy atom. The van der Waals surface area contributed by atoms with Gasteiger partial charge in [0, 0.05) is 22.8 Å². The highest BCUT2D eigenvalue weighted by atomic mass is 32.2. The number of amides is 1. The van der Waals surface area contributed by atoms with Crippen LogP contribution in [0.3, 0.4) is 0 Å². The van der Waals surface area contributed by atoms with Crippen molar-refractivity contribution in [3.63, 3.8) is 0 Å². The largest absolute Gasteiger partial charge is 0.494 e. The molecule has 146 valence electrons. The van der Waals surface area contributed by atoms with Crippen molar-refractivity contribution >= 4 is 32.2 Å². The lowest BCUT2D eigenvalue weighted by atomic mass is 10.2. The molecule has 1 aromatic heterocycles. The molecule has 0 atom stereocenters. The van der Waals surface area contributed by atoms with Gasteiger partial charge in [0.15, 0.2) is 15.0 Å². The second kappa shape index (κ2) is 8.53. The highest BCUT2D eigenvalue weighted by molar-refractivity contribution is 7.90. The number of sulfone groups is 1. The van der Waals surface area contributed by atoms with Gasteiger partial charge in [0.25, 0.3) is 5.91 Å². The molecule has 0 saturated heterocycles. The predicted octanol–water partition coefficient (Wildman–Crippen LogP) is 4.25. The van der Waals surface area contributed by atoms with E-state index in [4.69, 9.17) is 4.74 Å². The number of benzene rings is 2. The number of ether oxygens (including phenoxy) is 1. The second-order valence-corrected chi connectivity index (χ2v) is 9.04. The molecule has 28 heavy (non-hydrogen) atoms. The zero-order chi connectivity index (χ0) is 20.1. The van der Waals surface area contributed by atoms with E-state index in [1.807, 2.05) is 29.6 Å². The lowest BCUT2D eigenvalue weighted by Crippen LogP contribution is -2.11. The lowest BCUT2D eigenvalue weighted by molar-refractivity contribution is 0.102. The first-order chi connectivity index (χ1) is 13.4. The zero-order valence-electron chi connectivity index (χ0n) is 15.5. The van der Waals surface area contributed by atoms with Crippen LogP contribution in [0.4, 0.5) is 5.13 Å². The molecule has 0 fully saturated rings. The Labute approximate surface area is 168 Å². The fourth-order valence-corrected chi connectivity index (χ4v) is 3.77. The lowest BCUT2D eigenvalue weighted by Gasteiger charge is -2.05. The normalized spacial score (nSPS) is 11.2. The molecule has 0 bridgehead atoms. The van der Waals surface area contributed by atoms with Crippen LogP contribution in [0.1, 0.15) is 23.7 Å². The van der Waals surface area contributed by atoms with Gasteiger partial charge in [-0.05, 0) is 55.0 Å². The van der Waals surface area contributed by atoms with Gasteiger partial charge >= 0.3 is 0 Å². The number of carbonyl (C=O) groups excluding carboxylic acids is 1. The number of anilines is 1. The molecule has 6 nitrogen and oxygen atoms in total. The van der Waals surface area contributed by atoms with Crippen LogP contribution in [0.15, 0.2) is 58.8 Å². The van der Waals surface area contributed by atoms with Crippen LogP contribution in [0, 0.1) is 0 Å². The van der Waals surface area contributed by atoms with Gasteiger partial charge < -0.3 is 4.74 Å². The van der Waals surface area contributed by atoms with E-state index in [2.05, 4.69) is 17.2 Å². The summed E-state index contributed by atoms with van der Waals surface area (Å²) in [5.74, 6) is 0.469. The Morgan fingerprint density at radius 3 is 2.39 bits per heavy atom. The summed E-state index contributed by atoms with van der Waals surface area (Å²) in [5, 5.41) is 5.08. The van der Waals surface area contributed by atoms with Crippen molar-refractivity contribution in [3.8, 4) is 17.0 Å². The van der Waals surface area contributed by atoms with Gasteiger partial charge in [-0.1, -0.05) is 6.92 Å². The minimum absolute atomic E-state index is 0.173. The van der Waals surface area contributed by atoms with Gasteiger partial charge in [-0.3, -0.25) is 10.1 Å². The van der Waals surface area contributed by atoms with Crippen molar-refractivity contribution in [2.24, 2.45) is 0 Å². The van der Waals surface area contributed by atoms with Crippen molar-refractivity contribution < 1.29 is 17.9 Å². The van der Waals surface area contributed by atoms with E-state index in [0.29, 0.717) is 17.3 Å². The van der Waals surface area contributed by atoms with Crippen molar-refractivity contribution in [2.45, 2.75) is 18.2 Å². The third-order valence-corrected chi connectivity index (χ3v) is 5.78. The minimum atomic E-state index is -3.29. The third-order valence-electron chi connectivity index (χ3n) is 3.89. The number of hydrogen-bond acceptors (Lipinski definition) is 6. The molecule has 0 radical (unpaired) electrons. The molecule has 0 unspecified atom stereocenters. The monoisotopic (exact) mass is 416 g/mol. The number of hydrogen-bond donors (Lipinski definition) is 1. The van der Waals surface area contributed by atoms with Gasteiger partial charge in [0.05, 0.1) is 17.2 Å². The highest BCUT2D eigenvalue weighted by Gasteiger charge is 2.12. The molecule has 0 saturated carbocycles. The minimum Gasteiger partial charge on any atom is -0.494 e. The third kappa shape index (κ3) is 4.96. The molecule has 0 spiro atoms. The molecule has 3 rings (SSSR count). The molecule has 1 heterocycles. The van der Waals surface area contributed by atoms with E-state index < -0.39 is 9.84 Å². The summed E-state index contributed by atoms with van der Waals surface area (Å²) in [7, 11) is -3.29. The smallest absolute Gasteiger partial charge is 0.257 e. The van der Waals surface area contributed by atoms with E-state index in [0.717, 1.165) is 29.7 Å². The first-order valence-electron chi connectivity index (χ1n) is 8.67. The number of nitrogens with one attached hydrogen (secondary N) is 1. The Balaban J connectivity index is 1.68. The Kier molecular flexibility index (Phi) is 6.11. The summed E-state index contributed by atoms with van der Waals surface area (Å²) in [6.45, 7) is 2.73. The van der Waals surface area contributed by atoms with Crippen LogP contribution in [-0.4, -0.2) is 32.2 Å². The standard InChI is InChI=1S/C20H20N2O4S2/c1-3-12-26-16-8-4-14(5-9-16)18-13-27-20(21-18)22-19(23)15-6-10-17(11-7-15)28(2,24)25/h4-11,13H,3,12H2,1-2H3,(H,21,22,23). The van der Waals surface area contributed by atoms with E-state index in [9.17, 15) is 13.2 Å². The van der Waals surface area contributed by atoms with Crippen LogP contribution >= 0.6 is 11.3 Å². The van der Waals surface area contributed by atoms with Crippen LogP contribution in [0.25, 0.3) is 11.3 Å². The summed E-state index contributed by atoms with van der Waals surface area (Å²) in [4.78, 5) is 17.0. The molecular formula is C20H20N2O4S2. The first-order valence-corrected chi connectivity index (χ1v) is 11.4. The molecule has 2 aromatic carbocycles. The van der Waals surface area contributed by atoms with Gasteiger partial charge in [-0.15, -0.1) is 11.3 Å². The first kappa shape index (κ1) is 20.0. The number of carbonyl (C=O) groups is 1. The number of aromatic nitrogens is 1. The Morgan fingerprint density at radius 1 is 1.11 bits per heavy atom. The fraction of sp³-hybridized carbons (Fsp3) is 0.200. The van der Waals surface area contributed by atoms with Gasteiger partial charge in [-0.2, -0.15) is 0 Å². The number of rotatable bonds is 7. The average molecular weight is 417 g/mol. The molecule has 3 aromatic rings. The second-order valence-electron chi connectivity index (χ2n) is 6.16. The summed E-state index contributed by atoms with van der Waals surface area (Å²) in [5.41, 5.74) is 2.05. The maximum atomic E-state index is 12.4. The zero-order valence-corrected chi connectivity index (χ0v) is 17.1. The maximum Gasteiger partial charge on any atom is 0.257 e. The van der Waals surface area contributed by atoms with E-state index in [1.54, 1.807) is 0 Å². The number of nitrogens with zero attached hydrogens (tertiary/aromatic N) is 1. The van der Waals surface area contributed by atoms with Gasteiger partial charge in [0.1, 0.15) is 5.75 Å². The predicted molar refractivity (Wildman–Crippen MR) is 111 cm³/mol. The van der Waals surface area contributed by atoms with E-state index >= 15 is 0 Å². The van der Waals surface area contributed by atoms with Crippen molar-refractivity contribution in [1.82, 2.24) is 4.98 Å².